The van der Waals surface area contributed by atoms with Crippen LogP contribution in [-0.4, -0.2) is 29.3 Å². The number of aromatic nitrogens is 2. The molecule has 0 unspecified atom stereocenters. The van der Waals surface area contributed by atoms with E-state index in [9.17, 15) is 4.79 Å². The van der Waals surface area contributed by atoms with Crippen LogP contribution < -0.4 is 0 Å². The first-order valence-electron chi connectivity index (χ1n) is 5.19. The van der Waals surface area contributed by atoms with Gasteiger partial charge in [0.15, 0.2) is 5.78 Å². The number of aryl methyl sites for hydroxylation is 3. The van der Waals surface area contributed by atoms with Crippen molar-refractivity contribution in [1.82, 2.24) is 9.78 Å². The molecule has 0 aliphatic carbocycles. The van der Waals surface area contributed by atoms with Gasteiger partial charge in [0.05, 0.1) is 5.69 Å². The Hall–Kier alpha value is -1.16. The zero-order valence-corrected chi connectivity index (χ0v) is 9.62. The van der Waals surface area contributed by atoms with Gasteiger partial charge in [-0.15, -0.1) is 0 Å². The van der Waals surface area contributed by atoms with Crippen LogP contribution in [0.5, 0.6) is 0 Å². The Balaban J connectivity index is 2.49. The minimum absolute atomic E-state index is 0.136. The number of ketones is 1. The number of carbonyl (C=O) groups is 1. The van der Waals surface area contributed by atoms with Crippen molar-refractivity contribution in [1.29, 1.82) is 0 Å². The quantitative estimate of drug-likeness (QED) is 0.707. The van der Waals surface area contributed by atoms with Crippen molar-refractivity contribution in [3.63, 3.8) is 0 Å². The Morgan fingerprint density at radius 2 is 2.33 bits per heavy atom. The molecule has 0 N–H and O–H groups in total. The van der Waals surface area contributed by atoms with Crippen molar-refractivity contribution in [2.75, 3.05) is 13.7 Å². The van der Waals surface area contributed by atoms with Gasteiger partial charge < -0.3 is 4.74 Å². The van der Waals surface area contributed by atoms with E-state index < -0.39 is 0 Å². The van der Waals surface area contributed by atoms with Gasteiger partial charge in [-0.3, -0.25) is 9.48 Å². The Morgan fingerprint density at radius 1 is 1.60 bits per heavy atom. The number of carbonyl (C=O) groups excluding carboxylic acids is 1. The van der Waals surface area contributed by atoms with E-state index in [1.807, 2.05) is 11.7 Å². The van der Waals surface area contributed by atoms with Gasteiger partial charge in [0, 0.05) is 26.3 Å². The second-order valence-electron chi connectivity index (χ2n) is 3.58. The molecule has 84 valence electrons. The van der Waals surface area contributed by atoms with E-state index in [1.54, 1.807) is 0 Å². The third-order valence-electron chi connectivity index (χ3n) is 2.35. The lowest BCUT2D eigenvalue weighted by Gasteiger charge is -2.00. The van der Waals surface area contributed by atoms with E-state index in [-0.39, 0.29) is 12.4 Å². The summed E-state index contributed by atoms with van der Waals surface area (Å²) in [6.45, 7) is 2.28. The minimum Gasteiger partial charge on any atom is -0.377 e. The molecule has 0 spiro atoms. The monoisotopic (exact) mass is 210 g/mol. The van der Waals surface area contributed by atoms with Crippen LogP contribution in [-0.2, 0) is 29.4 Å². The van der Waals surface area contributed by atoms with Crippen LogP contribution in [0.2, 0.25) is 0 Å². The maximum absolute atomic E-state index is 11.2. The van der Waals surface area contributed by atoms with Gasteiger partial charge in [-0.2, -0.15) is 5.10 Å². The highest BCUT2D eigenvalue weighted by atomic mass is 16.5. The van der Waals surface area contributed by atoms with E-state index in [0.717, 1.165) is 24.2 Å². The molecule has 0 aliphatic rings. The lowest BCUT2D eigenvalue weighted by atomic mass is 10.1. The third-order valence-corrected chi connectivity index (χ3v) is 2.35. The molecule has 4 nitrogen and oxygen atoms in total. The molecule has 0 aliphatic heterocycles. The fourth-order valence-electron chi connectivity index (χ4n) is 1.48. The normalized spacial score (nSPS) is 10.6. The standard InChI is InChI=1S/C11H18N2O2/c1-4-9-7-10(13(2)12-9)5-6-11(14)8-15-3/h7H,4-6,8H2,1-3H3. The second-order valence-corrected chi connectivity index (χ2v) is 3.58. The summed E-state index contributed by atoms with van der Waals surface area (Å²) in [5.41, 5.74) is 2.18. The number of rotatable bonds is 6. The molecule has 0 amide bonds. The van der Waals surface area contributed by atoms with Gasteiger partial charge in [0.25, 0.3) is 0 Å². The largest absolute Gasteiger partial charge is 0.377 e. The lowest BCUT2D eigenvalue weighted by Crippen LogP contribution is -2.09. The summed E-state index contributed by atoms with van der Waals surface area (Å²) >= 11 is 0. The molecular formula is C11H18N2O2. The Bertz CT molecular complexity index is 331. The summed E-state index contributed by atoms with van der Waals surface area (Å²) in [4.78, 5) is 11.2. The molecule has 4 heteroatoms. The molecular weight excluding hydrogens is 192 g/mol. The highest BCUT2D eigenvalue weighted by Crippen LogP contribution is 2.06. The molecule has 1 aromatic heterocycles. The van der Waals surface area contributed by atoms with Gasteiger partial charge in [0.2, 0.25) is 0 Å². The molecule has 0 fully saturated rings. The summed E-state index contributed by atoms with van der Waals surface area (Å²) in [7, 11) is 3.45. The molecule has 1 heterocycles. The van der Waals surface area contributed by atoms with Crippen molar-refractivity contribution in [2.24, 2.45) is 7.05 Å². The van der Waals surface area contributed by atoms with Crippen LogP contribution in [0.4, 0.5) is 0 Å². The maximum atomic E-state index is 11.2. The van der Waals surface area contributed by atoms with Crippen molar-refractivity contribution in [3.05, 3.63) is 17.5 Å². The topological polar surface area (TPSA) is 44.1 Å². The molecule has 0 radical (unpaired) electrons. The Morgan fingerprint density at radius 3 is 2.87 bits per heavy atom. The van der Waals surface area contributed by atoms with E-state index in [2.05, 4.69) is 18.1 Å². The number of hydrogen-bond donors (Lipinski definition) is 0. The highest BCUT2D eigenvalue weighted by Gasteiger charge is 2.06. The van der Waals surface area contributed by atoms with Crippen LogP contribution in [0.15, 0.2) is 6.07 Å². The van der Waals surface area contributed by atoms with Gasteiger partial charge in [0.1, 0.15) is 6.61 Å². The van der Waals surface area contributed by atoms with Gasteiger partial charge in [-0.1, -0.05) is 6.92 Å². The first-order valence-corrected chi connectivity index (χ1v) is 5.19. The number of ether oxygens (including phenoxy) is 1. The van der Waals surface area contributed by atoms with Crippen molar-refractivity contribution in [2.45, 2.75) is 26.2 Å². The average molecular weight is 210 g/mol. The molecule has 0 saturated heterocycles. The smallest absolute Gasteiger partial charge is 0.158 e. The number of Topliss-reactive ketones (excluding diaryl/α,β-unsaturated/α-hetero) is 1. The van der Waals surface area contributed by atoms with Crippen molar-refractivity contribution >= 4 is 5.78 Å². The van der Waals surface area contributed by atoms with E-state index in [1.165, 1.54) is 7.11 Å². The van der Waals surface area contributed by atoms with Gasteiger partial charge in [-0.25, -0.2) is 0 Å². The summed E-state index contributed by atoms with van der Waals surface area (Å²) < 4.78 is 6.62. The van der Waals surface area contributed by atoms with Crippen LogP contribution >= 0.6 is 0 Å². The first kappa shape index (κ1) is 11.9. The van der Waals surface area contributed by atoms with E-state index in [4.69, 9.17) is 4.74 Å². The minimum atomic E-state index is 0.136. The number of hydrogen-bond acceptors (Lipinski definition) is 3. The molecule has 1 rings (SSSR count). The van der Waals surface area contributed by atoms with Crippen LogP contribution in [0, 0.1) is 0 Å². The van der Waals surface area contributed by atoms with Crippen LogP contribution in [0.3, 0.4) is 0 Å². The average Bonchev–Trinajstić information content (AvgIpc) is 2.57. The Labute approximate surface area is 90.2 Å². The maximum Gasteiger partial charge on any atom is 0.158 e. The number of methoxy groups -OCH3 is 1. The zero-order chi connectivity index (χ0) is 11.3. The second kappa shape index (κ2) is 5.66. The summed E-state index contributed by atoms with van der Waals surface area (Å²) in [6.07, 6.45) is 2.20. The fourth-order valence-corrected chi connectivity index (χ4v) is 1.48. The molecule has 1 aromatic rings. The van der Waals surface area contributed by atoms with Gasteiger partial charge >= 0.3 is 0 Å². The SMILES string of the molecule is CCc1cc(CCC(=O)COC)n(C)n1. The van der Waals surface area contributed by atoms with E-state index >= 15 is 0 Å². The predicted octanol–water partition coefficient (Wildman–Crippen LogP) is 1.13. The Kier molecular flexibility index (Phi) is 4.49. The van der Waals surface area contributed by atoms with Crippen molar-refractivity contribution < 1.29 is 9.53 Å². The molecule has 0 saturated carbocycles. The molecule has 0 bridgehead atoms. The summed E-state index contributed by atoms with van der Waals surface area (Å²) in [6, 6.07) is 2.06. The fraction of sp³-hybridized carbons (Fsp3) is 0.636. The van der Waals surface area contributed by atoms with Gasteiger partial charge in [-0.05, 0) is 18.9 Å². The van der Waals surface area contributed by atoms with Crippen LogP contribution in [0.25, 0.3) is 0 Å². The highest BCUT2D eigenvalue weighted by molar-refractivity contribution is 5.79. The molecule has 15 heavy (non-hydrogen) atoms. The van der Waals surface area contributed by atoms with Crippen LogP contribution in [0.1, 0.15) is 24.7 Å². The zero-order valence-electron chi connectivity index (χ0n) is 9.62. The summed E-state index contributed by atoms with van der Waals surface area (Å²) in [5.74, 6) is 0.136. The van der Waals surface area contributed by atoms with E-state index in [0.29, 0.717) is 6.42 Å². The van der Waals surface area contributed by atoms with Crippen molar-refractivity contribution in [3.8, 4) is 0 Å². The summed E-state index contributed by atoms with van der Waals surface area (Å²) in [5, 5.41) is 4.33. The lowest BCUT2D eigenvalue weighted by molar-refractivity contribution is -0.122. The first-order chi connectivity index (χ1) is 7.17. The predicted molar refractivity (Wildman–Crippen MR) is 57.8 cm³/mol. The number of nitrogens with zero attached hydrogens (tertiary/aromatic N) is 2. The molecule has 0 atom stereocenters. The third kappa shape index (κ3) is 3.47. The molecule has 0 aromatic carbocycles.